The SMILES string of the molecule is Cc1c(Cl)cccc1N1CCCN(C(=O)c2cnccn2)CC1. The highest BCUT2D eigenvalue weighted by Crippen LogP contribution is 2.27. The van der Waals surface area contributed by atoms with Gasteiger partial charge in [-0.3, -0.25) is 9.78 Å². The summed E-state index contributed by atoms with van der Waals surface area (Å²) in [7, 11) is 0. The summed E-state index contributed by atoms with van der Waals surface area (Å²) in [6, 6.07) is 5.96. The van der Waals surface area contributed by atoms with Gasteiger partial charge in [0.05, 0.1) is 6.20 Å². The normalized spacial score (nSPS) is 15.4. The molecule has 1 aromatic heterocycles. The quantitative estimate of drug-likeness (QED) is 0.849. The molecule has 1 aromatic carbocycles. The maximum Gasteiger partial charge on any atom is 0.274 e. The Hall–Kier alpha value is -2.14. The van der Waals surface area contributed by atoms with Crippen molar-refractivity contribution in [3.63, 3.8) is 0 Å². The van der Waals surface area contributed by atoms with Crippen molar-refractivity contribution in [2.75, 3.05) is 31.1 Å². The molecule has 3 rings (SSSR count). The molecule has 1 saturated heterocycles. The Labute approximate surface area is 140 Å². The summed E-state index contributed by atoms with van der Waals surface area (Å²) >= 11 is 6.23. The summed E-state index contributed by atoms with van der Waals surface area (Å²) < 4.78 is 0. The molecule has 5 nitrogen and oxygen atoms in total. The second-order valence-electron chi connectivity index (χ2n) is 5.61. The van der Waals surface area contributed by atoms with Gasteiger partial charge in [0, 0.05) is 49.3 Å². The number of nitrogens with zero attached hydrogens (tertiary/aromatic N) is 4. The van der Waals surface area contributed by atoms with E-state index in [1.165, 1.54) is 6.20 Å². The highest BCUT2D eigenvalue weighted by molar-refractivity contribution is 6.31. The molecule has 0 aliphatic carbocycles. The maximum absolute atomic E-state index is 12.5. The lowest BCUT2D eigenvalue weighted by Gasteiger charge is -2.25. The first-order chi connectivity index (χ1) is 11.2. The van der Waals surface area contributed by atoms with Crippen LogP contribution in [-0.2, 0) is 0 Å². The van der Waals surface area contributed by atoms with Crippen LogP contribution in [0.5, 0.6) is 0 Å². The third-order valence-electron chi connectivity index (χ3n) is 4.15. The number of aromatic nitrogens is 2. The van der Waals surface area contributed by atoms with E-state index in [1.807, 2.05) is 24.0 Å². The number of halogens is 1. The summed E-state index contributed by atoms with van der Waals surface area (Å²) in [5.74, 6) is -0.0530. The molecule has 1 aliphatic rings. The van der Waals surface area contributed by atoms with Crippen LogP contribution in [0.2, 0.25) is 5.02 Å². The zero-order chi connectivity index (χ0) is 16.2. The van der Waals surface area contributed by atoms with Crippen LogP contribution in [0, 0.1) is 6.92 Å². The van der Waals surface area contributed by atoms with Gasteiger partial charge in [-0.1, -0.05) is 17.7 Å². The van der Waals surface area contributed by atoms with Gasteiger partial charge in [-0.25, -0.2) is 4.98 Å². The minimum atomic E-state index is -0.0530. The fourth-order valence-electron chi connectivity index (χ4n) is 2.87. The van der Waals surface area contributed by atoms with Crippen molar-refractivity contribution >= 4 is 23.2 Å². The smallest absolute Gasteiger partial charge is 0.274 e. The zero-order valence-corrected chi connectivity index (χ0v) is 13.8. The van der Waals surface area contributed by atoms with Crippen molar-refractivity contribution in [3.05, 3.63) is 53.1 Å². The summed E-state index contributed by atoms with van der Waals surface area (Å²) in [5, 5.41) is 0.777. The Morgan fingerprint density at radius 3 is 2.83 bits per heavy atom. The summed E-state index contributed by atoms with van der Waals surface area (Å²) in [6.45, 7) is 5.12. The van der Waals surface area contributed by atoms with E-state index < -0.39 is 0 Å². The Kier molecular flexibility index (Phi) is 4.76. The molecule has 0 unspecified atom stereocenters. The largest absolute Gasteiger partial charge is 0.369 e. The number of carbonyl (C=O) groups is 1. The number of hydrogen-bond donors (Lipinski definition) is 0. The summed E-state index contributed by atoms with van der Waals surface area (Å²) in [5.41, 5.74) is 2.63. The van der Waals surface area contributed by atoms with Gasteiger partial charge in [0.1, 0.15) is 5.69 Å². The van der Waals surface area contributed by atoms with Crippen molar-refractivity contribution in [1.82, 2.24) is 14.9 Å². The molecule has 2 heterocycles. The average molecular weight is 331 g/mol. The second kappa shape index (κ2) is 6.96. The minimum Gasteiger partial charge on any atom is -0.369 e. The third-order valence-corrected chi connectivity index (χ3v) is 4.55. The van der Waals surface area contributed by atoms with Crippen LogP contribution in [0.25, 0.3) is 0 Å². The van der Waals surface area contributed by atoms with Gasteiger partial charge in [0.25, 0.3) is 5.91 Å². The van der Waals surface area contributed by atoms with Gasteiger partial charge in [-0.05, 0) is 31.0 Å². The van der Waals surface area contributed by atoms with Crippen LogP contribution in [0.1, 0.15) is 22.5 Å². The van der Waals surface area contributed by atoms with E-state index in [2.05, 4.69) is 20.9 Å². The number of benzene rings is 1. The van der Waals surface area contributed by atoms with Crippen molar-refractivity contribution in [3.8, 4) is 0 Å². The maximum atomic E-state index is 12.5. The van der Waals surface area contributed by atoms with Crippen molar-refractivity contribution in [1.29, 1.82) is 0 Å². The number of anilines is 1. The van der Waals surface area contributed by atoms with Crippen molar-refractivity contribution in [2.45, 2.75) is 13.3 Å². The van der Waals surface area contributed by atoms with E-state index in [1.54, 1.807) is 12.4 Å². The Morgan fingerprint density at radius 2 is 2.04 bits per heavy atom. The van der Waals surface area contributed by atoms with E-state index in [9.17, 15) is 4.79 Å². The Balaban J connectivity index is 1.72. The Bertz CT molecular complexity index is 692. The second-order valence-corrected chi connectivity index (χ2v) is 6.01. The van der Waals surface area contributed by atoms with Crippen molar-refractivity contribution < 1.29 is 4.79 Å². The molecule has 120 valence electrons. The molecule has 1 fully saturated rings. The van der Waals surface area contributed by atoms with E-state index in [0.717, 1.165) is 42.3 Å². The van der Waals surface area contributed by atoms with Gasteiger partial charge >= 0.3 is 0 Å². The topological polar surface area (TPSA) is 49.3 Å². The lowest BCUT2D eigenvalue weighted by molar-refractivity contribution is 0.0760. The number of amides is 1. The number of rotatable bonds is 2. The van der Waals surface area contributed by atoms with Gasteiger partial charge in [0.15, 0.2) is 0 Å². The van der Waals surface area contributed by atoms with Crippen LogP contribution in [-0.4, -0.2) is 47.0 Å². The zero-order valence-electron chi connectivity index (χ0n) is 13.1. The average Bonchev–Trinajstić information content (AvgIpc) is 2.83. The van der Waals surface area contributed by atoms with Gasteiger partial charge in [-0.2, -0.15) is 0 Å². The van der Waals surface area contributed by atoms with Gasteiger partial charge in [-0.15, -0.1) is 0 Å². The third kappa shape index (κ3) is 3.45. The van der Waals surface area contributed by atoms with Crippen LogP contribution in [0.15, 0.2) is 36.8 Å². The van der Waals surface area contributed by atoms with Crippen molar-refractivity contribution in [2.24, 2.45) is 0 Å². The Morgan fingerprint density at radius 1 is 1.17 bits per heavy atom. The monoisotopic (exact) mass is 330 g/mol. The molecule has 0 spiro atoms. The standard InChI is InChI=1S/C17H19ClN4O/c1-13-14(18)4-2-5-16(13)21-8-3-9-22(11-10-21)17(23)15-12-19-6-7-20-15/h2,4-7,12H,3,8-11H2,1H3. The first-order valence-corrected chi connectivity index (χ1v) is 8.10. The molecule has 2 aromatic rings. The lowest BCUT2D eigenvalue weighted by Crippen LogP contribution is -2.35. The first kappa shape index (κ1) is 15.7. The molecule has 0 radical (unpaired) electrons. The number of carbonyl (C=O) groups excluding carboxylic acids is 1. The summed E-state index contributed by atoms with van der Waals surface area (Å²) in [6.07, 6.45) is 5.56. The fraction of sp³-hybridized carbons (Fsp3) is 0.353. The molecule has 0 bridgehead atoms. The highest BCUT2D eigenvalue weighted by Gasteiger charge is 2.22. The first-order valence-electron chi connectivity index (χ1n) is 7.72. The van der Waals surface area contributed by atoms with E-state index >= 15 is 0 Å². The predicted octanol–water partition coefficient (Wildman–Crippen LogP) is 2.79. The van der Waals surface area contributed by atoms with Gasteiger partial charge < -0.3 is 9.80 Å². The molecule has 1 aliphatic heterocycles. The predicted molar refractivity (Wildman–Crippen MR) is 91.0 cm³/mol. The van der Waals surface area contributed by atoms with Crippen LogP contribution in [0.3, 0.4) is 0 Å². The molecule has 0 saturated carbocycles. The molecular formula is C17H19ClN4O. The highest BCUT2D eigenvalue weighted by atomic mass is 35.5. The number of hydrogen-bond acceptors (Lipinski definition) is 4. The van der Waals surface area contributed by atoms with Crippen LogP contribution < -0.4 is 4.90 Å². The molecular weight excluding hydrogens is 312 g/mol. The summed E-state index contributed by atoms with van der Waals surface area (Å²) in [4.78, 5) is 24.7. The van der Waals surface area contributed by atoms with Crippen LogP contribution in [0.4, 0.5) is 5.69 Å². The van der Waals surface area contributed by atoms with Crippen LogP contribution >= 0.6 is 11.6 Å². The van der Waals surface area contributed by atoms with E-state index in [-0.39, 0.29) is 5.91 Å². The molecule has 6 heteroatoms. The molecule has 0 N–H and O–H groups in total. The molecule has 1 amide bonds. The van der Waals surface area contributed by atoms with Gasteiger partial charge in [0.2, 0.25) is 0 Å². The lowest BCUT2D eigenvalue weighted by atomic mass is 10.1. The minimum absolute atomic E-state index is 0.0530. The fourth-order valence-corrected chi connectivity index (χ4v) is 3.04. The van der Waals surface area contributed by atoms with E-state index in [4.69, 9.17) is 11.6 Å². The van der Waals surface area contributed by atoms with E-state index in [0.29, 0.717) is 12.2 Å². The molecule has 0 atom stereocenters. The molecule has 23 heavy (non-hydrogen) atoms.